The maximum atomic E-state index is 12.1. The first-order valence-corrected chi connectivity index (χ1v) is 7.11. The van der Waals surface area contributed by atoms with Gasteiger partial charge in [-0.3, -0.25) is 10.1 Å². The molecule has 0 fully saturated rings. The van der Waals surface area contributed by atoms with E-state index in [2.05, 4.69) is 24.7 Å². The molecule has 0 saturated carbocycles. The van der Waals surface area contributed by atoms with Gasteiger partial charge in [0.05, 0.1) is 9.82 Å². The van der Waals surface area contributed by atoms with Gasteiger partial charge in [0.25, 0.3) is 15.7 Å². The van der Waals surface area contributed by atoms with Crippen molar-refractivity contribution in [1.82, 2.24) is 10.1 Å². The van der Waals surface area contributed by atoms with Crippen LogP contribution in [0.2, 0.25) is 0 Å². The van der Waals surface area contributed by atoms with Gasteiger partial charge in [-0.25, -0.2) is 13.1 Å². The number of aromatic nitrogens is 2. The minimum absolute atomic E-state index is 0.0737. The standard InChI is InChI=1S/C10H11N5O5S/c1-6-12-10(20-13-6)14-21(18,19)7-3-4-9(15(16)17)8(5-7)11-2/h3-5,11H,1-2H3,(H,12,13,14). The monoisotopic (exact) mass is 313 g/mol. The van der Waals surface area contributed by atoms with Crippen molar-refractivity contribution >= 4 is 27.4 Å². The van der Waals surface area contributed by atoms with E-state index in [4.69, 9.17) is 0 Å². The van der Waals surface area contributed by atoms with Crippen molar-refractivity contribution in [3.05, 3.63) is 34.1 Å². The molecule has 1 aromatic heterocycles. The fraction of sp³-hybridized carbons (Fsp3) is 0.200. The Balaban J connectivity index is 2.38. The fourth-order valence-electron chi connectivity index (χ4n) is 1.55. The lowest BCUT2D eigenvalue weighted by Crippen LogP contribution is -2.13. The second-order valence-corrected chi connectivity index (χ2v) is 5.62. The summed E-state index contributed by atoms with van der Waals surface area (Å²) in [5.74, 6) is 0.271. The number of benzene rings is 1. The number of nitro groups is 1. The summed E-state index contributed by atoms with van der Waals surface area (Å²) in [7, 11) is -2.53. The molecule has 2 aromatic rings. The number of nitro benzene ring substituents is 1. The van der Waals surface area contributed by atoms with Gasteiger partial charge in [0, 0.05) is 13.1 Å². The van der Waals surface area contributed by atoms with Crippen LogP contribution in [0, 0.1) is 17.0 Å². The molecule has 0 aliphatic rings. The molecule has 0 aliphatic heterocycles. The zero-order chi connectivity index (χ0) is 15.6. The Morgan fingerprint density at radius 3 is 2.62 bits per heavy atom. The molecule has 0 radical (unpaired) electrons. The normalized spacial score (nSPS) is 11.1. The Hall–Kier alpha value is -2.69. The topological polar surface area (TPSA) is 140 Å². The molecule has 0 aliphatic carbocycles. The minimum Gasteiger partial charge on any atom is -0.383 e. The van der Waals surface area contributed by atoms with Gasteiger partial charge in [0.1, 0.15) is 5.69 Å². The maximum absolute atomic E-state index is 12.1. The predicted octanol–water partition coefficient (Wildman–Crippen LogP) is 1.13. The van der Waals surface area contributed by atoms with Gasteiger partial charge in [-0.1, -0.05) is 5.16 Å². The second-order valence-electron chi connectivity index (χ2n) is 3.94. The molecule has 1 heterocycles. The van der Waals surface area contributed by atoms with Crippen molar-refractivity contribution in [3.63, 3.8) is 0 Å². The van der Waals surface area contributed by atoms with Crippen LogP contribution < -0.4 is 10.0 Å². The number of rotatable bonds is 5. The smallest absolute Gasteiger partial charge is 0.335 e. The number of nitrogens with zero attached hydrogens (tertiary/aromatic N) is 3. The van der Waals surface area contributed by atoms with Crippen LogP contribution in [0.15, 0.2) is 27.6 Å². The minimum atomic E-state index is -3.98. The van der Waals surface area contributed by atoms with Crippen molar-refractivity contribution in [1.29, 1.82) is 0 Å². The van der Waals surface area contributed by atoms with Gasteiger partial charge in [0.2, 0.25) is 0 Å². The molecule has 0 spiro atoms. The number of hydrogen-bond acceptors (Lipinski definition) is 8. The van der Waals surface area contributed by atoms with Crippen molar-refractivity contribution in [2.75, 3.05) is 17.1 Å². The Kier molecular flexibility index (Phi) is 3.76. The molecular formula is C10H11N5O5S. The first-order valence-electron chi connectivity index (χ1n) is 5.63. The van der Waals surface area contributed by atoms with E-state index in [1.807, 2.05) is 0 Å². The van der Waals surface area contributed by atoms with E-state index in [0.717, 1.165) is 18.2 Å². The van der Waals surface area contributed by atoms with E-state index in [0.29, 0.717) is 0 Å². The average molecular weight is 313 g/mol. The summed E-state index contributed by atoms with van der Waals surface area (Å²) >= 11 is 0. The zero-order valence-electron chi connectivity index (χ0n) is 11.0. The van der Waals surface area contributed by atoms with Gasteiger partial charge < -0.3 is 9.84 Å². The van der Waals surface area contributed by atoms with Crippen LogP contribution >= 0.6 is 0 Å². The molecule has 2 N–H and O–H groups in total. The second kappa shape index (κ2) is 5.36. The highest BCUT2D eigenvalue weighted by molar-refractivity contribution is 7.92. The van der Waals surface area contributed by atoms with Gasteiger partial charge in [0.15, 0.2) is 5.82 Å². The van der Waals surface area contributed by atoms with Crippen LogP contribution in [0.1, 0.15) is 5.82 Å². The zero-order valence-corrected chi connectivity index (χ0v) is 11.8. The van der Waals surface area contributed by atoms with E-state index in [9.17, 15) is 18.5 Å². The largest absolute Gasteiger partial charge is 0.383 e. The Bertz CT molecular complexity index is 785. The van der Waals surface area contributed by atoms with Crippen molar-refractivity contribution in [2.24, 2.45) is 0 Å². The number of aryl methyl sites for hydroxylation is 1. The van der Waals surface area contributed by atoms with Crippen molar-refractivity contribution in [3.8, 4) is 0 Å². The molecule has 0 atom stereocenters. The maximum Gasteiger partial charge on any atom is 0.335 e. The number of hydrogen-bond donors (Lipinski definition) is 2. The van der Waals surface area contributed by atoms with Crippen LogP contribution in [0.25, 0.3) is 0 Å². The molecule has 2 rings (SSSR count). The third-order valence-electron chi connectivity index (χ3n) is 2.49. The molecular weight excluding hydrogens is 302 g/mol. The fourth-order valence-corrected chi connectivity index (χ4v) is 2.50. The Labute approximate surface area is 119 Å². The highest BCUT2D eigenvalue weighted by Crippen LogP contribution is 2.27. The van der Waals surface area contributed by atoms with E-state index in [1.54, 1.807) is 0 Å². The Morgan fingerprint density at radius 1 is 1.38 bits per heavy atom. The van der Waals surface area contributed by atoms with Crippen LogP contribution in [-0.2, 0) is 10.0 Å². The third kappa shape index (κ3) is 3.08. The average Bonchev–Trinajstić information content (AvgIpc) is 2.82. The molecule has 10 nitrogen and oxygen atoms in total. The number of nitrogens with one attached hydrogen (secondary N) is 2. The summed E-state index contributed by atoms with van der Waals surface area (Å²) in [5, 5.41) is 16.8. The molecule has 0 saturated heterocycles. The van der Waals surface area contributed by atoms with Gasteiger partial charge in [-0.05, 0) is 19.1 Å². The van der Waals surface area contributed by atoms with E-state index < -0.39 is 14.9 Å². The highest BCUT2D eigenvalue weighted by atomic mass is 32.2. The van der Waals surface area contributed by atoms with Crippen LogP contribution in [-0.4, -0.2) is 30.5 Å². The first kappa shape index (κ1) is 14.7. The summed E-state index contributed by atoms with van der Waals surface area (Å²) in [4.78, 5) is 13.7. The van der Waals surface area contributed by atoms with Crippen molar-refractivity contribution in [2.45, 2.75) is 11.8 Å². The van der Waals surface area contributed by atoms with E-state index in [1.165, 1.54) is 14.0 Å². The van der Waals surface area contributed by atoms with Gasteiger partial charge in [-0.15, -0.1) is 0 Å². The molecule has 21 heavy (non-hydrogen) atoms. The summed E-state index contributed by atoms with van der Waals surface area (Å²) in [6.45, 7) is 1.53. The third-order valence-corrected chi connectivity index (χ3v) is 3.81. The van der Waals surface area contributed by atoms with E-state index in [-0.39, 0.29) is 28.1 Å². The lowest BCUT2D eigenvalue weighted by molar-refractivity contribution is -0.384. The summed E-state index contributed by atoms with van der Waals surface area (Å²) in [6.07, 6.45) is 0. The molecule has 112 valence electrons. The molecule has 11 heteroatoms. The molecule has 0 unspecified atom stereocenters. The van der Waals surface area contributed by atoms with Crippen LogP contribution in [0.4, 0.5) is 17.4 Å². The molecule has 0 bridgehead atoms. The molecule has 1 aromatic carbocycles. The van der Waals surface area contributed by atoms with Crippen molar-refractivity contribution < 1.29 is 17.9 Å². The highest BCUT2D eigenvalue weighted by Gasteiger charge is 2.21. The number of anilines is 2. The SMILES string of the molecule is CNc1cc(S(=O)(=O)Nc2nc(C)no2)ccc1[N+](=O)[O-]. The van der Waals surface area contributed by atoms with Gasteiger partial charge in [-0.2, -0.15) is 4.98 Å². The van der Waals surface area contributed by atoms with Crippen LogP contribution in [0.5, 0.6) is 0 Å². The molecule has 0 amide bonds. The lowest BCUT2D eigenvalue weighted by Gasteiger charge is -2.07. The van der Waals surface area contributed by atoms with E-state index >= 15 is 0 Å². The van der Waals surface area contributed by atoms with Gasteiger partial charge >= 0.3 is 6.01 Å². The predicted molar refractivity (Wildman–Crippen MR) is 72.5 cm³/mol. The lowest BCUT2D eigenvalue weighted by atomic mass is 10.3. The summed E-state index contributed by atoms with van der Waals surface area (Å²) < 4.78 is 31.0. The summed E-state index contributed by atoms with van der Waals surface area (Å²) in [6, 6.07) is 3.07. The summed E-state index contributed by atoms with van der Waals surface area (Å²) in [5.41, 5.74) is -0.158. The first-order chi connectivity index (χ1) is 9.83. The Morgan fingerprint density at radius 2 is 2.10 bits per heavy atom. The quantitative estimate of drug-likeness (QED) is 0.618. The number of sulfonamides is 1. The van der Waals surface area contributed by atoms with Crippen LogP contribution in [0.3, 0.4) is 0 Å².